The van der Waals surface area contributed by atoms with Gasteiger partial charge in [-0.05, 0) is 43.3 Å². The van der Waals surface area contributed by atoms with Crippen molar-refractivity contribution >= 4 is 46.7 Å². The molecule has 0 bridgehead atoms. The maximum atomic E-state index is 12.2. The van der Waals surface area contributed by atoms with Crippen molar-refractivity contribution in [2.75, 3.05) is 5.32 Å². The van der Waals surface area contributed by atoms with Crippen LogP contribution in [0, 0.1) is 0 Å². The molecular formula is C16H13Cl2N5OS. The summed E-state index contributed by atoms with van der Waals surface area (Å²) in [6.07, 6.45) is 1.47. The van der Waals surface area contributed by atoms with E-state index in [0.717, 1.165) is 5.56 Å². The van der Waals surface area contributed by atoms with E-state index in [9.17, 15) is 4.79 Å². The SMILES string of the molecule is C[C@H](Sc1n[nH]c(-c2ccc(Cl)cc2)n1)C(=O)Nc1ccc(Cl)cn1. The molecule has 2 aromatic heterocycles. The molecule has 0 saturated heterocycles. The number of hydrogen-bond acceptors (Lipinski definition) is 5. The zero-order chi connectivity index (χ0) is 17.8. The Morgan fingerprint density at radius 1 is 1.16 bits per heavy atom. The van der Waals surface area contributed by atoms with E-state index in [1.54, 1.807) is 31.2 Å². The third-order valence-electron chi connectivity index (χ3n) is 3.21. The van der Waals surface area contributed by atoms with Crippen LogP contribution in [-0.4, -0.2) is 31.3 Å². The van der Waals surface area contributed by atoms with Crippen molar-refractivity contribution in [1.82, 2.24) is 20.2 Å². The van der Waals surface area contributed by atoms with Crippen LogP contribution in [0.25, 0.3) is 11.4 Å². The van der Waals surface area contributed by atoms with Gasteiger partial charge < -0.3 is 5.32 Å². The molecule has 0 radical (unpaired) electrons. The monoisotopic (exact) mass is 393 g/mol. The van der Waals surface area contributed by atoms with Gasteiger partial charge in [-0.15, -0.1) is 5.10 Å². The number of aromatic nitrogens is 4. The summed E-state index contributed by atoms with van der Waals surface area (Å²) in [5.41, 5.74) is 0.867. The van der Waals surface area contributed by atoms with Crippen LogP contribution in [0.15, 0.2) is 47.8 Å². The second kappa shape index (κ2) is 7.86. The molecule has 0 aliphatic carbocycles. The molecule has 0 aliphatic rings. The molecule has 1 atom stereocenters. The molecule has 2 heterocycles. The fourth-order valence-corrected chi connectivity index (χ4v) is 2.89. The number of hydrogen-bond donors (Lipinski definition) is 2. The lowest BCUT2D eigenvalue weighted by molar-refractivity contribution is -0.115. The van der Waals surface area contributed by atoms with E-state index in [-0.39, 0.29) is 5.91 Å². The topological polar surface area (TPSA) is 83.6 Å². The van der Waals surface area contributed by atoms with Crippen LogP contribution in [0.1, 0.15) is 6.92 Å². The molecular weight excluding hydrogens is 381 g/mol. The molecule has 3 aromatic rings. The summed E-state index contributed by atoms with van der Waals surface area (Å²) in [6, 6.07) is 10.6. The van der Waals surface area contributed by atoms with Crippen molar-refractivity contribution in [3.8, 4) is 11.4 Å². The van der Waals surface area contributed by atoms with Crippen molar-refractivity contribution in [1.29, 1.82) is 0 Å². The molecule has 0 spiro atoms. The van der Waals surface area contributed by atoms with Crippen LogP contribution in [0.2, 0.25) is 10.0 Å². The highest BCUT2D eigenvalue weighted by molar-refractivity contribution is 8.00. The van der Waals surface area contributed by atoms with Gasteiger partial charge in [0.05, 0.1) is 10.3 Å². The average Bonchev–Trinajstić information content (AvgIpc) is 3.06. The maximum Gasteiger partial charge on any atom is 0.238 e. The van der Waals surface area contributed by atoms with E-state index >= 15 is 0 Å². The number of nitrogens with one attached hydrogen (secondary N) is 2. The maximum absolute atomic E-state index is 12.2. The molecule has 1 amide bonds. The Hall–Kier alpha value is -2.09. The minimum atomic E-state index is -0.397. The zero-order valence-electron chi connectivity index (χ0n) is 13.0. The first-order valence-electron chi connectivity index (χ1n) is 7.28. The van der Waals surface area contributed by atoms with Crippen LogP contribution >= 0.6 is 35.0 Å². The van der Waals surface area contributed by atoms with Gasteiger partial charge in [-0.25, -0.2) is 9.97 Å². The largest absolute Gasteiger partial charge is 0.310 e. The first-order valence-corrected chi connectivity index (χ1v) is 8.92. The molecule has 0 unspecified atom stereocenters. The van der Waals surface area contributed by atoms with Gasteiger partial charge in [-0.2, -0.15) is 0 Å². The number of H-pyrrole nitrogens is 1. The third kappa shape index (κ3) is 4.72. The highest BCUT2D eigenvalue weighted by Crippen LogP contribution is 2.24. The second-order valence-electron chi connectivity index (χ2n) is 5.08. The number of thioether (sulfide) groups is 1. The summed E-state index contributed by atoms with van der Waals surface area (Å²) in [5, 5.41) is 11.0. The molecule has 6 nitrogen and oxygen atoms in total. The minimum absolute atomic E-state index is 0.197. The average molecular weight is 394 g/mol. The molecule has 0 fully saturated rings. The predicted molar refractivity (Wildman–Crippen MR) is 100 cm³/mol. The Bertz CT molecular complexity index is 867. The van der Waals surface area contributed by atoms with E-state index in [0.29, 0.717) is 26.8 Å². The van der Waals surface area contributed by atoms with E-state index in [1.165, 1.54) is 18.0 Å². The Balaban J connectivity index is 1.62. The summed E-state index contributed by atoms with van der Waals surface area (Å²) < 4.78 is 0. The molecule has 3 rings (SSSR count). The van der Waals surface area contributed by atoms with Crippen LogP contribution in [0.3, 0.4) is 0 Å². The molecule has 128 valence electrons. The zero-order valence-corrected chi connectivity index (χ0v) is 15.4. The smallest absolute Gasteiger partial charge is 0.238 e. The lowest BCUT2D eigenvalue weighted by Crippen LogP contribution is -2.23. The fourth-order valence-electron chi connectivity index (χ4n) is 1.93. The van der Waals surface area contributed by atoms with Gasteiger partial charge in [-0.3, -0.25) is 9.89 Å². The van der Waals surface area contributed by atoms with Crippen LogP contribution in [0.5, 0.6) is 0 Å². The number of anilines is 1. The van der Waals surface area contributed by atoms with E-state index in [1.807, 2.05) is 12.1 Å². The normalized spacial score (nSPS) is 12.0. The van der Waals surface area contributed by atoms with Gasteiger partial charge in [-0.1, -0.05) is 35.0 Å². The van der Waals surface area contributed by atoms with Crippen molar-refractivity contribution in [2.45, 2.75) is 17.3 Å². The van der Waals surface area contributed by atoms with Gasteiger partial charge in [0.15, 0.2) is 5.82 Å². The lowest BCUT2D eigenvalue weighted by Gasteiger charge is -2.09. The highest BCUT2D eigenvalue weighted by atomic mass is 35.5. The number of nitrogens with zero attached hydrogens (tertiary/aromatic N) is 3. The quantitative estimate of drug-likeness (QED) is 0.631. The van der Waals surface area contributed by atoms with Crippen LogP contribution in [-0.2, 0) is 4.79 Å². The second-order valence-corrected chi connectivity index (χ2v) is 7.27. The standard InChI is InChI=1S/C16H13Cl2N5OS/c1-9(15(24)20-13-7-6-12(18)8-19-13)25-16-21-14(22-23-16)10-2-4-11(17)5-3-10/h2-9H,1H3,(H,19,20,24)(H,21,22,23)/t9-/m0/s1. The molecule has 0 saturated carbocycles. The Labute approximate surface area is 158 Å². The van der Waals surface area contributed by atoms with Gasteiger partial charge in [0.25, 0.3) is 0 Å². The molecule has 1 aromatic carbocycles. The molecule has 0 aliphatic heterocycles. The van der Waals surface area contributed by atoms with Gasteiger partial charge >= 0.3 is 0 Å². The van der Waals surface area contributed by atoms with Crippen molar-refractivity contribution in [3.63, 3.8) is 0 Å². The van der Waals surface area contributed by atoms with Crippen LogP contribution < -0.4 is 5.32 Å². The van der Waals surface area contributed by atoms with E-state index < -0.39 is 5.25 Å². The summed E-state index contributed by atoms with van der Waals surface area (Å²) >= 11 is 12.9. The molecule has 9 heteroatoms. The van der Waals surface area contributed by atoms with Crippen molar-refractivity contribution < 1.29 is 4.79 Å². The summed E-state index contributed by atoms with van der Waals surface area (Å²) in [7, 11) is 0. The van der Waals surface area contributed by atoms with Gasteiger partial charge in [0.2, 0.25) is 11.1 Å². The van der Waals surface area contributed by atoms with Crippen molar-refractivity contribution in [2.24, 2.45) is 0 Å². The van der Waals surface area contributed by atoms with E-state index in [4.69, 9.17) is 23.2 Å². The summed E-state index contributed by atoms with van der Waals surface area (Å²) in [6.45, 7) is 1.77. The molecule has 25 heavy (non-hydrogen) atoms. The number of aromatic amines is 1. The minimum Gasteiger partial charge on any atom is -0.310 e. The number of carbonyl (C=O) groups excluding carboxylic acids is 1. The highest BCUT2D eigenvalue weighted by Gasteiger charge is 2.18. The number of benzene rings is 1. The number of rotatable bonds is 5. The number of halogens is 2. The Morgan fingerprint density at radius 2 is 1.88 bits per heavy atom. The number of carbonyl (C=O) groups is 1. The summed E-state index contributed by atoms with van der Waals surface area (Å²) in [4.78, 5) is 20.7. The first-order chi connectivity index (χ1) is 12.0. The number of amides is 1. The Kier molecular flexibility index (Phi) is 5.57. The first kappa shape index (κ1) is 17.7. The van der Waals surface area contributed by atoms with Crippen molar-refractivity contribution in [3.05, 3.63) is 52.6 Å². The fraction of sp³-hybridized carbons (Fsp3) is 0.125. The van der Waals surface area contributed by atoms with Gasteiger partial charge in [0.1, 0.15) is 5.82 Å². The predicted octanol–water partition coefficient (Wildman–Crippen LogP) is 4.29. The summed E-state index contributed by atoms with van der Waals surface area (Å²) in [5.74, 6) is 0.863. The third-order valence-corrected chi connectivity index (χ3v) is 4.65. The number of pyridine rings is 1. The van der Waals surface area contributed by atoms with Crippen LogP contribution in [0.4, 0.5) is 5.82 Å². The molecule has 2 N–H and O–H groups in total. The lowest BCUT2D eigenvalue weighted by atomic mass is 10.2. The van der Waals surface area contributed by atoms with Gasteiger partial charge in [0, 0.05) is 16.8 Å². The Morgan fingerprint density at radius 3 is 2.56 bits per heavy atom. The van der Waals surface area contributed by atoms with E-state index in [2.05, 4.69) is 25.5 Å².